The molecule has 0 saturated heterocycles. The number of aryl methyl sites for hydroxylation is 2. The van der Waals surface area contributed by atoms with Crippen LogP contribution in [0.15, 0.2) is 83.8 Å². The molecule has 0 bridgehead atoms. The van der Waals surface area contributed by atoms with Crippen molar-refractivity contribution in [1.82, 2.24) is 5.32 Å². The van der Waals surface area contributed by atoms with Gasteiger partial charge in [-0.2, -0.15) is 0 Å². The lowest BCUT2D eigenvalue weighted by atomic mass is 10.1. The van der Waals surface area contributed by atoms with Crippen molar-refractivity contribution in [2.75, 3.05) is 11.3 Å². The lowest BCUT2D eigenvalue weighted by Crippen LogP contribution is -2.25. The highest BCUT2D eigenvalue weighted by atomic mass is 32.2. The lowest BCUT2D eigenvalue weighted by Gasteiger charge is -2.10. The molecule has 5 nitrogen and oxygen atoms in total. The SMILES string of the molecule is Cc1ccc(CCCNC(=O)c2cccc(NS(=O)(=O)c3ccccc3)c2)cc1. The van der Waals surface area contributed by atoms with Crippen LogP contribution in [0.4, 0.5) is 5.69 Å². The first-order chi connectivity index (χ1) is 13.9. The molecule has 0 unspecified atom stereocenters. The first kappa shape index (κ1) is 20.6. The van der Waals surface area contributed by atoms with Gasteiger partial charge in [0.05, 0.1) is 4.90 Å². The molecule has 150 valence electrons. The number of amides is 1. The van der Waals surface area contributed by atoms with Gasteiger partial charge in [-0.3, -0.25) is 9.52 Å². The summed E-state index contributed by atoms with van der Waals surface area (Å²) in [5, 5.41) is 2.89. The maximum Gasteiger partial charge on any atom is 0.261 e. The Morgan fingerprint density at radius 2 is 1.62 bits per heavy atom. The molecular weight excluding hydrogens is 384 g/mol. The molecule has 3 rings (SSSR count). The summed E-state index contributed by atoms with van der Waals surface area (Å²) in [4.78, 5) is 12.6. The fourth-order valence-electron chi connectivity index (χ4n) is 2.89. The van der Waals surface area contributed by atoms with Crippen molar-refractivity contribution in [3.05, 3.63) is 95.6 Å². The van der Waals surface area contributed by atoms with Gasteiger partial charge in [0, 0.05) is 17.8 Å². The number of rotatable bonds is 8. The number of nitrogens with one attached hydrogen (secondary N) is 2. The molecule has 0 aliphatic rings. The number of carbonyl (C=O) groups excluding carboxylic acids is 1. The Hall–Kier alpha value is -3.12. The molecule has 1 amide bonds. The minimum atomic E-state index is -3.69. The van der Waals surface area contributed by atoms with E-state index >= 15 is 0 Å². The van der Waals surface area contributed by atoms with Crippen molar-refractivity contribution in [3.8, 4) is 0 Å². The van der Waals surface area contributed by atoms with Gasteiger partial charge < -0.3 is 5.32 Å². The van der Waals surface area contributed by atoms with Gasteiger partial charge in [-0.15, -0.1) is 0 Å². The second-order valence-corrected chi connectivity index (χ2v) is 8.53. The summed E-state index contributed by atoms with van der Waals surface area (Å²) in [5.74, 6) is -0.227. The Morgan fingerprint density at radius 1 is 0.897 bits per heavy atom. The second kappa shape index (κ2) is 9.39. The van der Waals surface area contributed by atoms with E-state index in [4.69, 9.17) is 0 Å². The van der Waals surface area contributed by atoms with Crippen LogP contribution in [0.2, 0.25) is 0 Å². The van der Waals surface area contributed by atoms with E-state index in [2.05, 4.69) is 41.2 Å². The van der Waals surface area contributed by atoms with Crippen molar-refractivity contribution >= 4 is 21.6 Å². The summed E-state index contributed by atoms with van der Waals surface area (Å²) in [6.45, 7) is 2.60. The van der Waals surface area contributed by atoms with E-state index in [0.717, 1.165) is 12.8 Å². The minimum absolute atomic E-state index is 0.172. The molecule has 3 aromatic carbocycles. The van der Waals surface area contributed by atoms with Crippen molar-refractivity contribution in [2.45, 2.75) is 24.7 Å². The van der Waals surface area contributed by atoms with Crippen LogP contribution < -0.4 is 10.0 Å². The number of carbonyl (C=O) groups is 1. The molecule has 6 heteroatoms. The van der Waals surface area contributed by atoms with E-state index in [0.29, 0.717) is 17.8 Å². The Labute approximate surface area is 171 Å². The van der Waals surface area contributed by atoms with E-state index in [1.165, 1.54) is 29.3 Å². The zero-order valence-electron chi connectivity index (χ0n) is 16.3. The lowest BCUT2D eigenvalue weighted by molar-refractivity contribution is 0.0953. The monoisotopic (exact) mass is 408 g/mol. The maximum atomic E-state index is 12.4. The summed E-state index contributed by atoms with van der Waals surface area (Å²) in [6, 6.07) is 22.9. The molecule has 0 saturated carbocycles. The van der Waals surface area contributed by atoms with Gasteiger partial charge in [0.15, 0.2) is 0 Å². The molecule has 0 spiro atoms. The van der Waals surface area contributed by atoms with Crippen molar-refractivity contribution in [2.24, 2.45) is 0 Å². The molecule has 0 aliphatic carbocycles. The molecule has 3 aromatic rings. The zero-order chi connectivity index (χ0) is 20.7. The van der Waals surface area contributed by atoms with Crippen molar-refractivity contribution in [1.29, 1.82) is 0 Å². The molecule has 0 heterocycles. The van der Waals surface area contributed by atoms with Crippen LogP contribution in [0, 0.1) is 6.92 Å². The molecule has 29 heavy (non-hydrogen) atoms. The first-order valence-corrected chi connectivity index (χ1v) is 10.9. The van der Waals surface area contributed by atoms with E-state index in [1.807, 2.05) is 0 Å². The van der Waals surface area contributed by atoms with Crippen LogP contribution >= 0.6 is 0 Å². The second-order valence-electron chi connectivity index (χ2n) is 6.84. The summed E-state index contributed by atoms with van der Waals surface area (Å²) in [5.41, 5.74) is 3.22. The standard InChI is InChI=1S/C23H24N2O3S/c1-18-12-14-19(15-13-18)7-6-16-24-23(26)20-8-5-9-21(17-20)25-29(27,28)22-10-3-2-4-11-22/h2-5,8-15,17,25H,6-7,16H2,1H3,(H,24,26). The molecule has 0 aromatic heterocycles. The first-order valence-electron chi connectivity index (χ1n) is 9.46. The molecular formula is C23H24N2O3S. The van der Waals surface area contributed by atoms with Crippen LogP contribution in [0.1, 0.15) is 27.9 Å². The Bertz CT molecular complexity index is 1060. The zero-order valence-corrected chi connectivity index (χ0v) is 17.1. The average Bonchev–Trinajstić information content (AvgIpc) is 2.73. The number of anilines is 1. The smallest absolute Gasteiger partial charge is 0.261 e. The normalized spacial score (nSPS) is 11.1. The van der Waals surface area contributed by atoms with Gasteiger partial charge in [-0.05, 0) is 55.7 Å². The van der Waals surface area contributed by atoms with Crippen LogP contribution in [0.3, 0.4) is 0 Å². The third-order valence-electron chi connectivity index (χ3n) is 4.48. The highest BCUT2D eigenvalue weighted by molar-refractivity contribution is 7.92. The predicted octanol–water partition coefficient (Wildman–Crippen LogP) is 4.16. The number of hydrogen-bond acceptors (Lipinski definition) is 3. The Morgan fingerprint density at radius 3 is 2.34 bits per heavy atom. The van der Waals surface area contributed by atoms with E-state index in [-0.39, 0.29) is 10.8 Å². The van der Waals surface area contributed by atoms with Gasteiger partial charge in [0.1, 0.15) is 0 Å². The summed E-state index contributed by atoms with van der Waals surface area (Å²) < 4.78 is 27.4. The summed E-state index contributed by atoms with van der Waals surface area (Å²) in [7, 11) is -3.69. The molecule has 2 N–H and O–H groups in total. The topological polar surface area (TPSA) is 75.3 Å². The molecule has 0 radical (unpaired) electrons. The van der Waals surface area contributed by atoms with E-state index < -0.39 is 10.0 Å². The molecule has 0 fully saturated rings. The quantitative estimate of drug-likeness (QED) is 0.550. The average molecular weight is 409 g/mol. The van der Waals surface area contributed by atoms with Gasteiger partial charge in [0.25, 0.3) is 15.9 Å². The largest absolute Gasteiger partial charge is 0.352 e. The number of hydrogen-bond donors (Lipinski definition) is 2. The van der Waals surface area contributed by atoms with E-state index in [9.17, 15) is 13.2 Å². The maximum absolute atomic E-state index is 12.4. The Kier molecular flexibility index (Phi) is 6.67. The van der Waals surface area contributed by atoms with Gasteiger partial charge in [-0.1, -0.05) is 54.1 Å². The summed E-state index contributed by atoms with van der Waals surface area (Å²) >= 11 is 0. The fraction of sp³-hybridized carbons (Fsp3) is 0.174. The van der Waals surface area contributed by atoms with Gasteiger partial charge in [-0.25, -0.2) is 8.42 Å². The third-order valence-corrected chi connectivity index (χ3v) is 5.88. The third kappa shape index (κ3) is 5.93. The van der Waals surface area contributed by atoms with Gasteiger partial charge in [0.2, 0.25) is 0 Å². The van der Waals surface area contributed by atoms with Crippen LogP contribution in [0.5, 0.6) is 0 Å². The number of sulfonamides is 1. The number of benzene rings is 3. The minimum Gasteiger partial charge on any atom is -0.352 e. The molecule has 0 atom stereocenters. The molecule has 0 aliphatic heterocycles. The van der Waals surface area contributed by atoms with E-state index in [1.54, 1.807) is 36.4 Å². The van der Waals surface area contributed by atoms with Crippen LogP contribution in [-0.2, 0) is 16.4 Å². The van der Waals surface area contributed by atoms with Crippen LogP contribution in [-0.4, -0.2) is 20.9 Å². The van der Waals surface area contributed by atoms with Crippen molar-refractivity contribution < 1.29 is 13.2 Å². The van der Waals surface area contributed by atoms with Crippen LogP contribution in [0.25, 0.3) is 0 Å². The van der Waals surface area contributed by atoms with Gasteiger partial charge >= 0.3 is 0 Å². The van der Waals surface area contributed by atoms with Crippen molar-refractivity contribution in [3.63, 3.8) is 0 Å². The highest BCUT2D eigenvalue weighted by Gasteiger charge is 2.14. The summed E-state index contributed by atoms with van der Waals surface area (Å²) in [6.07, 6.45) is 1.71. The Balaban J connectivity index is 1.56. The fourth-order valence-corrected chi connectivity index (χ4v) is 3.96. The highest BCUT2D eigenvalue weighted by Crippen LogP contribution is 2.17. The predicted molar refractivity (Wildman–Crippen MR) is 116 cm³/mol.